The number of hydrogen-bond acceptors (Lipinski definition) is 1. The van der Waals surface area contributed by atoms with Crippen LogP contribution in [0.3, 0.4) is 0 Å². The van der Waals surface area contributed by atoms with Crippen molar-refractivity contribution in [1.29, 1.82) is 5.26 Å². The maximum absolute atomic E-state index is 15.9. The second-order valence-corrected chi connectivity index (χ2v) is 8.42. The molecule has 0 aliphatic carbocycles. The molecule has 0 N–H and O–H groups in total. The first-order valence-electron chi connectivity index (χ1n) is 11.4. The molecule has 0 heterocycles. The largest absolute Gasteiger partial charge is 0.242 e. The molecular weight excluding hydrogens is 393 g/mol. The molecule has 4 aromatic carbocycles. The Hall–Kier alpha value is -3.44. The molecule has 2 heteroatoms. The molecular formula is C30H28FN. The molecule has 4 rings (SSSR count). The minimum Gasteiger partial charge on any atom is -0.242 e. The summed E-state index contributed by atoms with van der Waals surface area (Å²) in [6, 6.07) is 32.1. The van der Waals surface area contributed by atoms with E-state index in [1.807, 2.05) is 60.7 Å². The first-order valence-corrected chi connectivity index (χ1v) is 11.4. The Morgan fingerprint density at radius 3 is 2.03 bits per heavy atom. The predicted molar refractivity (Wildman–Crippen MR) is 131 cm³/mol. The van der Waals surface area contributed by atoms with Gasteiger partial charge in [-0.15, -0.1) is 0 Å². The fourth-order valence-electron chi connectivity index (χ4n) is 4.37. The highest BCUT2D eigenvalue weighted by Crippen LogP contribution is 2.39. The van der Waals surface area contributed by atoms with Gasteiger partial charge in [-0.05, 0) is 57.6 Å². The lowest BCUT2D eigenvalue weighted by atomic mass is 9.85. The Morgan fingerprint density at radius 2 is 1.38 bits per heavy atom. The number of halogens is 1. The summed E-state index contributed by atoms with van der Waals surface area (Å²) < 4.78 is 15.9. The molecule has 0 saturated carbocycles. The zero-order valence-electron chi connectivity index (χ0n) is 18.5. The van der Waals surface area contributed by atoms with E-state index in [1.165, 1.54) is 0 Å². The number of unbranched alkanes of at least 4 members (excludes halogenated alkanes) is 2. The molecule has 160 valence electrons. The maximum Gasteiger partial charge on any atom is 0.132 e. The van der Waals surface area contributed by atoms with Crippen LogP contribution >= 0.6 is 0 Å². The zero-order chi connectivity index (χ0) is 22.3. The molecule has 1 nitrogen and oxygen atoms in total. The van der Waals surface area contributed by atoms with Crippen molar-refractivity contribution in [3.05, 3.63) is 108 Å². The summed E-state index contributed by atoms with van der Waals surface area (Å²) in [6.07, 6.45) is 3.05. The zero-order valence-corrected chi connectivity index (χ0v) is 18.5. The molecule has 0 amide bonds. The second kappa shape index (κ2) is 10.2. The fourth-order valence-corrected chi connectivity index (χ4v) is 4.37. The SMILES string of the molecule is CCCCCC(c1ccc(-c2ccc(C#N)cc2)cc1)C(F)c1ccc2ccccc2c1. The number of hydrogen-bond donors (Lipinski definition) is 0. The number of fused-ring (bicyclic) bond motifs is 1. The fraction of sp³-hybridized carbons (Fsp3) is 0.233. The van der Waals surface area contributed by atoms with Crippen molar-refractivity contribution in [3.63, 3.8) is 0 Å². The number of nitriles is 1. The third-order valence-electron chi connectivity index (χ3n) is 6.25. The average Bonchev–Trinajstić information content (AvgIpc) is 2.86. The molecule has 0 fully saturated rings. The standard InChI is InChI=1S/C30H28FN/c1-2-3-4-9-29(30(31)28-19-16-23-7-5-6-8-27(23)20-28)26-17-14-25(15-18-26)24-12-10-22(21-32)11-13-24/h5-8,10-20,29-30H,2-4,9H2,1H3. The van der Waals surface area contributed by atoms with Gasteiger partial charge < -0.3 is 0 Å². The third kappa shape index (κ3) is 4.89. The summed E-state index contributed by atoms with van der Waals surface area (Å²) in [4.78, 5) is 0. The lowest BCUT2D eigenvalue weighted by Gasteiger charge is -2.23. The maximum atomic E-state index is 15.9. The Morgan fingerprint density at radius 1 is 0.750 bits per heavy atom. The number of benzene rings is 4. The van der Waals surface area contributed by atoms with Crippen molar-refractivity contribution in [2.24, 2.45) is 0 Å². The van der Waals surface area contributed by atoms with Crippen LogP contribution in [0.1, 0.15) is 61.4 Å². The molecule has 2 unspecified atom stereocenters. The van der Waals surface area contributed by atoms with Crippen molar-refractivity contribution in [3.8, 4) is 17.2 Å². The predicted octanol–water partition coefficient (Wildman–Crippen LogP) is 8.75. The molecule has 32 heavy (non-hydrogen) atoms. The molecule has 0 bridgehead atoms. The normalized spacial score (nSPS) is 12.9. The van der Waals surface area contributed by atoms with Gasteiger partial charge in [0.15, 0.2) is 0 Å². The smallest absolute Gasteiger partial charge is 0.132 e. The lowest BCUT2D eigenvalue weighted by Crippen LogP contribution is -2.08. The van der Waals surface area contributed by atoms with Gasteiger partial charge in [-0.1, -0.05) is 99.0 Å². The Kier molecular flexibility index (Phi) is 6.97. The van der Waals surface area contributed by atoms with Crippen LogP contribution in [0.5, 0.6) is 0 Å². The van der Waals surface area contributed by atoms with E-state index < -0.39 is 6.17 Å². The van der Waals surface area contributed by atoms with Crippen LogP contribution < -0.4 is 0 Å². The monoisotopic (exact) mass is 421 g/mol. The van der Waals surface area contributed by atoms with Crippen molar-refractivity contribution < 1.29 is 4.39 Å². The van der Waals surface area contributed by atoms with E-state index in [9.17, 15) is 0 Å². The van der Waals surface area contributed by atoms with Crippen LogP contribution in [0.15, 0.2) is 91.0 Å². The summed E-state index contributed by atoms with van der Waals surface area (Å²) >= 11 is 0. The van der Waals surface area contributed by atoms with E-state index in [1.54, 1.807) is 0 Å². The van der Waals surface area contributed by atoms with Gasteiger partial charge in [0.05, 0.1) is 11.6 Å². The molecule has 0 aliphatic rings. The van der Waals surface area contributed by atoms with Crippen LogP contribution in [0.2, 0.25) is 0 Å². The second-order valence-electron chi connectivity index (χ2n) is 8.42. The highest BCUT2D eigenvalue weighted by molar-refractivity contribution is 5.83. The van der Waals surface area contributed by atoms with E-state index in [0.717, 1.165) is 58.7 Å². The summed E-state index contributed by atoms with van der Waals surface area (Å²) in [6.45, 7) is 2.18. The van der Waals surface area contributed by atoms with Gasteiger partial charge in [0, 0.05) is 5.92 Å². The summed E-state index contributed by atoms with van der Waals surface area (Å²) in [5.74, 6) is -0.169. The number of nitrogens with zero attached hydrogens (tertiary/aromatic N) is 1. The number of rotatable bonds is 8. The minimum absolute atomic E-state index is 0.169. The van der Waals surface area contributed by atoms with Crippen LogP contribution in [-0.4, -0.2) is 0 Å². The van der Waals surface area contributed by atoms with Crippen LogP contribution in [-0.2, 0) is 0 Å². The van der Waals surface area contributed by atoms with E-state index in [-0.39, 0.29) is 5.92 Å². The summed E-state index contributed by atoms with van der Waals surface area (Å²) in [5, 5.41) is 11.2. The Balaban J connectivity index is 1.61. The summed E-state index contributed by atoms with van der Waals surface area (Å²) in [5.41, 5.74) is 4.58. The van der Waals surface area contributed by atoms with Gasteiger partial charge in [-0.2, -0.15) is 5.26 Å². The average molecular weight is 422 g/mol. The van der Waals surface area contributed by atoms with Crippen LogP contribution in [0.25, 0.3) is 21.9 Å². The molecule has 4 aromatic rings. The molecule has 0 radical (unpaired) electrons. The molecule has 0 aliphatic heterocycles. The molecule has 0 aromatic heterocycles. The first-order chi connectivity index (χ1) is 15.7. The highest BCUT2D eigenvalue weighted by atomic mass is 19.1. The van der Waals surface area contributed by atoms with Crippen molar-refractivity contribution in [1.82, 2.24) is 0 Å². The van der Waals surface area contributed by atoms with Crippen molar-refractivity contribution in [2.75, 3.05) is 0 Å². The van der Waals surface area contributed by atoms with Crippen LogP contribution in [0, 0.1) is 11.3 Å². The van der Waals surface area contributed by atoms with Gasteiger partial charge >= 0.3 is 0 Å². The topological polar surface area (TPSA) is 23.8 Å². The quantitative estimate of drug-likeness (QED) is 0.261. The Labute approximate surface area is 190 Å². The van der Waals surface area contributed by atoms with Crippen LogP contribution in [0.4, 0.5) is 4.39 Å². The van der Waals surface area contributed by atoms with E-state index in [2.05, 4.69) is 43.3 Å². The van der Waals surface area contributed by atoms with Gasteiger partial charge in [-0.3, -0.25) is 0 Å². The van der Waals surface area contributed by atoms with Gasteiger partial charge in [-0.25, -0.2) is 4.39 Å². The molecule has 0 spiro atoms. The molecule has 0 saturated heterocycles. The van der Waals surface area contributed by atoms with Gasteiger partial charge in [0.2, 0.25) is 0 Å². The summed E-state index contributed by atoms with van der Waals surface area (Å²) in [7, 11) is 0. The first kappa shape index (κ1) is 21.8. The van der Waals surface area contributed by atoms with E-state index in [4.69, 9.17) is 5.26 Å². The van der Waals surface area contributed by atoms with E-state index in [0.29, 0.717) is 5.56 Å². The Bertz CT molecular complexity index is 1200. The number of alkyl halides is 1. The van der Waals surface area contributed by atoms with Crippen molar-refractivity contribution in [2.45, 2.75) is 44.7 Å². The van der Waals surface area contributed by atoms with Gasteiger partial charge in [0.25, 0.3) is 0 Å². The minimum atomic E-state index is -1.04. The van der Waals surface area contributed by atoms with E-state index >= 15 is 4.39 Å². The van der Waals surface area contributed by atoms with Crippen molar-refractivity contribution >= 4 is 10.8 Å². The van der Waals surface area contributed by atoms with Gasteiger partial charge in [0.1, 0.15) is 6.17 Å². The third-order valence-corrected chi connectivity index (χ3v) is 6.25. The highest BCUT2D eigenvalue weighted by Gasteiger charge is 2.24. The molecule has 2 atom stereocenters. The lowest BCUT2D eigenvalue weighted by molar-refractivity contribution is 0.273.